The van der Waals surface area contributed by atoms with Crippen molar-refractivity contribution in [1.29, 1.82) is 0 Å². The van der Waals surface area contributed by atoms with E-state index >= 15 is 0 Å². The van der Waals surface area contributed by atoms with Gasteiger partial charge in [0, 0.05) is 15.4 Å². The Morgan fingerprint density at radius 3 is 2.74 bits per heavy atom. The maximum atomic E-state index is 5.98. The quantitative estimate of drug-likeness (QED) is 0.825. The van der Waals surface area contributed by atoms with Gasteiger partial charge in [-0.25, -0.2) is 0 Å². The van der Waals surface area contributed by atoms with E-state index in [9.17, 15) is 0 Å². The number of rotatable bonds is 2. The topological polar surface area (TPSA) is 43.6 Å². The molecule has 0 N–H and O–H groups in total. The molecule has 1 saturated carbocycles. The third-order valence-corrected chi connectivity index (χ3v) is 4.47. The van der Waals surface area contributed by atoms with Crippen LogP contribution in [-0.4, -0.2) is 20.2 Å². The molecular weight excluding hydrogens is 328 g/mol. The summed E-state index contributed by atoms with van der Waals surface area (Å²) in [6, 6.07) is 5.66. The van der Waals surface area contributed by atoms with Gasteiger partial charge >= 0.3 is 0 Å². The van der Waals surface area contributed by atoms with Crippen LogP contribution in [0, 0.1) is 0 Å². The predicted molar refractivity (Wildman–Crippen MR) is 77.7 cm³/mol. The lowest BCUT2D eigenvalue weighted by atomic mass is 9.89. The van der Waals surface area contributed by atoms with Gasteiger partial charge in [0.15, 0.2) is 5.82 Å². The van der Waals surface area contributed by atoms with Crippen molar-refractivity contribution in [3.8, 4) is 5.69 Å². The molecule has 0 amide bonds. The number of tetrazole rings is 1. The van der Waals surface area contributed by atoms with Gasteiger partial charge in [0.05, 0.1) is 5.69 Å². The molecule has 2 aromatic rings. The minimum atomic E-state index is 0.464. The van der Waals surface area contributed by atoms with Gasteiger partial charge in [-0.15, -0.1) is 5.10 Å². The van der Waals surface area contributed by atoms with Crippen molar-refractivity contribution in [2.75, 3.05) is 0 Å². The molecule has 1 fully saturated rings. The second-order valence-corrected chi connectivity index (χ2v) is 6.17. The van der Waals surface area contributed by atoms with Crippen LogP contribution in [0.2, 0.25) is 5.02 Å². The largest absolute Gasteiger partial charge is 0.196 e. The van der Waals surface area contributed by atoms with E-state index in [2.05, 4.69) is 31.5 Å². The van der Waals surface area contributed by atoms with Crippen LogP contribution in [0.1, 0.15) is 43.8 Å². The Balaban J connectivity index is 1.99. The Labute approximate surface area is 125 Å². The zero-order valence-corrected chi connectivity index (χ0v) is 12.7. The molecule has 100 valence electrons. The van der Waals surface area contributed by atoms with Crippen molar-refractivity contribution < 1.29 is 0 Å². The molecule has 1 aliphatic rings. The fraction of sp³-hybridized carbons (Fsp3) is 0.462. The summed E-state index contributed by atoms with van der Waals surface area (Å²) in [6.07, 6.45) is 6.19. The van der Waals surface area contributed by atoms with E-state index in [0.717, 1.165) is 16.0 Å². The van der Waals surface area contributed by atoms with Gasteiger partial charge in [-0.1, -0.05) is 30.9 Å². The third-order valence-electron chi connectivity index (χ3n) is 3.60. The van der Waals surface area contributed by atoms with Crippen LogP contribution >= 0.6 is 27.5 Å². The molecule has 0 unspecified atom stereocenters. The van der Waals surface area contributed by atoms with Crippen LogP contribution in [0.5, 0.6) is 0 Å². The summed E-state index contributed by atoms with van der Waals surface area (Å²) in [4.78, 5) is 0. The first kappa shape index (κ1) is 13.1. The Morgan fingerprint density at radius 2 is 2.00 bits per heavy atom. The van der Waals surface area contributed by atoms with E-state index in [4.69, 9.17) is 11.6 Å². The minimum Gasteiger partial charge on any atom is -0.196 e. The van der Waals surface area contributed by atoms with Gasteiger partial charge in [-0.3, -0.25) is 0 Å². The lowest BCUT2D eigenvalue weighted by Gasteiger charge is -2.20. The average molecular weight is 342 g/mol. The van der Waals surface area contributed by atoms with Crippen LogP contribution in [0.15, 0.2) is 22.7 Å². The molecule has 0 spiro atoms. The van der Waals surface area contributed by atoms with Gasteiger partial charge in [0.1, 0.15) is 0 Å². The summed E-state index contributed by atoms with van der Waals surface area (Å²) in [5.74, 6) is 1.43. The molecule has 4 nitrogen and oxygen atoms in total. The van der Waals surface area contributed by atoms with Gasteiger partial charge in [-0.2, -0.15) is 4.68 Å². The zero-order valence-electron chi connectivity index (χ0n) is 10.4. The average Bonchev–Trinajstić information content (AvgIpc) is 2.89. The first-order chi connectivity index (χ1) is 9.25. The number of hydrogen-bond donors (Lipinski definition) is 0. The molecule has 0 atom stereocenters. The molecule has 1 aromatic heterocycles. The Hall–Kier alpha value is -0.940. The van der Waals surface area contributed by atoms with Crippen LogP contribution < -0.4 is 0 Å². The second kappa shape index (κ2) is 5.59. The maximum absolute atomic E-state index is 5.98. The lowest BCUT2D eigenvalue weighted by Crippen LogP contribution is -2.12. The normalized spacial score (nSPS) is 16.7. The maximum Gasteiger partial charge on any atom is 0.159 e. The third kappa shape index (κ3) is 2.67. The lowest BCUT2D eigenvalue weighted by molar-refractivity contribution is 0.422. The molecular formula is C13H14BrClN4. The van der Waals surface area contributed by atoms with Gasteiger partial charge in [0.2, 0.25) is 0 Å². The van der Waals surface area contributed by atoms with E-state index in [1.54, 1.807) is 0 Å². The Kier molecular flexibility index (Phi) is 3.84. The highest BCUT2D eigenvalue weighted by atomic mass is 79.9. The van der Waals surface area contributed by atoms with Crippen molar-refractivity contribution in [3.63, 3.8) is 0 Å². The smallest absolute Gasteiger partial charge is 0.159 e. The summed E-state index contributed by atoms with van der Waals surface area (Å²) in [7, 11) is 0. The van der Waals surface area contributed by atoms with Gasteiger partial charge in [-0.05, 0) is 57.4 Å². The highest BCUT2D eigenvalue weighted by Crippen LogP contribution is 2.33. The van der Waals surface area contributed by atoms with Crippen LogP contribution in [-0.2, 0) is 0 Å². The van der Waals surface area contributed by atoms with Crippen molar-refractivity contribution >= 4 is 27.5 Å². The van der Waals surface area contributed by atoms with Crippen molar-refractivity contribution in [1.82, 2.24) is 20.2 Å². The first-order valence-electron chi connectivity index (χ1n) is 6.49. The summed E-state index contributed by atoms with van der Waals surface area (Å²) >= 11 is 9.50. The number of aromatic nitrogens is 4. The highest BCUT2D eigenvalue weighted by molar-refractivity contribution is 9.10. The number of halogens is 2. The summed E-state index contributed by atoms with van der Waals surface area (Å²) in [5.41, 5.74) is 0.940. The van der Waals surface area contributed by atoms with E-state index in [0.29, 0.717) is 10.9 Å². The van der Waals surface area contributed by atoms with Gasteiger partial charge in [0.25, 0.3) is 0 Å². The SMILES string of the molecule is Clc1ccc(-n2nnnc2C2CCCCC2)c(Br)c1. The monoisotopic (exact) mass is 340 g/mol. The molecule has 0 aliphatic heterocycles. The van der Waals surface area contributed by atoms with Gasteiger partial charge < -0.3 is 0 Å². The zero-order chi connectivity index (χ0) is 13.2. The van der Waals surface area contributed by atoms with E-state index in [1.807, 2.05) is 22.9 Å². The summed E-state index contributed by atoms with van der Waals surface area (Å²) in [6.45, 7) is 0. The highest BCUT2D eigenvalue weighted by Gasteiger charge is 2.23. The minimum absolute atomic E-state index is 0.464. The van der Waals surface area contributed by atoms with E-state index in [1.165, 1.54) is 32.1 Å². The number of benzene rings is 1. The number of hydrogen-bond acceptors (Lipinski definition) is 3. The van der Waals surface area contributed by atoms with Crippen molar-refractivity contribution in [2.24, 2.45) is 0 Å². The van der Waals surface area contributed by atoms with Crippen LogP contribution in [0.4, 0.5) is 0 Å². The van der Waals surface area contributed by atoms with E-state index < -0.39 is 0 Å². The Morgan fingerprint density at radius 1 is 1.21 bits per heavy atom. The molecule has 0 saturated heterocycles. The summed E-state index contributed by atoms with van der Waals surface area (Å²) in [5, 5.41) is 12.9. The standard InChI is InChI=1S/C13H14BrClN4/c14-11-8-10(15)6-7-12(11)19-13(16-17-18-19)9-4-2-1-3-5-9/h6-9H,1-5H2. The fourth-order valence-corrected chi connectivity index (χ4v) is 3.48. The first-order valence-corrected chi connectivity index (χ1v) is 7.66. The molecule has 0 radical (unpaired) electrons. The van der Waals surface area contributed by atoms with Crippen LogP contribution in [0.3, 0.4) is 0 Å². The molecule has 19 heavy (non-hydrogen) atoms. The second-order valence-electron chi connectivity index (χ2n) is 4.88. The fourth-order valence-electron chi connectivity index (χ4n) is 2.63. The molecule has 1 aliphatic carbocycles. The summed E-state index contributed by atoms with van der Waals surface area (Å²) < 4.78 is 2.74. The molecule has 6 heteroatoms. The molecule has 3 rings (SSSR count). The van der Waals surface area contributed by atoms with Crippen LogP contribution in [0.25, 0.3) is 5.69 Å². The van der Waals surface area contributed by atoms with Crippen molar-refractivity contribution in [2.45, 2.75) is 38.0 Å². The molecule has 1 heterocycles. The van der Waals surface area contributed by atoms with E-state index in [-0.39, 0.29) is 0 Å². The predicted octanol–water partition coefficient (Wildman–Crippen LogP) is 4.13. The number of nitrogens with zero attached hydrogens (tertiary/aromatic N) is 4. The Bertz CT molecular complexity index is 578. The van der Waals surface area contributed by atoms with Crippen molar-refractivity contribution in [3.05, 3.63) is 33.5 Å². The molecule has 1 aromatic carbocycles. The molecule has 0 bridgehead atoms.